The lowest BCUT2D eigenvalue weighted by molar-refractivity contribution is 0.138. The van der Waals surface area contributed by atoms with Gasteiger partial charge in [-0.3, -0.25) is 0 Å². The first-order chi connectivity index (χ1) is 8.74. The van der Waals surface area contributed by atoms with E-state index in [1.54, 1.807) is 18.2 Å². The van der Waals surface area contributed by atoms with E-state index in [1.165, 1.54) is 6.07 Å². The Morgan fingerprint density at radius 3 is 2.22 bits per heavy atom. The molecule has 0 spiro atoms. The molecule has 0 aliphatic carbocycles. The van der Waals surface area contributed by atoms with Crippen molar-refractivity contribution in [2.24, 2.45) is 0 Å². The Morgan fingerprint density at radius 2 is 1.61 bits per heavy atom. The summed E-state index contributed by atoms with van der Waals surface area (Å²) in [6.07, 6.45) is -0.0434. The molecule has 1 N–H and O–H groups in total. The van der Waals surface area contributed by atoms with Gasteiger partial charge in [0.25, 0.3) is 0 Å². The monoisotopic (exact) mass is 244 g/mol. The Hall–Kier alpha value is -1.67. The molecule has 2 heteroatoms. The van der Waals surface area contributed by atoms with E-state index in [0.717, 1.165) is 12.0 Å². The first-order valence-electron chi connectivity index (χ1n) is 6.21. The Labute approximate surface area is 107 Å². The number of rotatable bonds is 4. The number of aliphatic hydroxyl groups is 1. The summed E-state index contributed by atoms with van der Waals surface area (Å²) in [5.41, 5.74) is 1.41. The van der Waals surface area contributed by atoms with Crippen LogP contribution < -0.4 is 0 Å². The van der Waals surface area contributed by atoms with Crippen LogP contribution in [0.5, 0.6) is 0 Å². The second-order valence-corrected chi connectivity index (χ2v) is 4.39. The van der Waals surface area contributed by atoms with Crippen molar-refractivity contribution in [3.05, 3.63) is 71.5 Å². The lowest BCUT2D eigenvalue weighted by Gasteiger charge is -2.22. The van der Waals surface area contributed by atoms with E-state index >= 15 is 0 Å². The summed E-state index contributed by atoms with van der Waals surface area (Å²) in [5, 5.41) is 10.4. The van der Waals surface area contributed by atoms with Crippen LogP contribution in [0.25, 0.3) is 0 Å². The van der Waals surface area contributed by atoms with E-state index in [1.807, 2.05) is 37.3 Å². The van der Waals surface area contributed by atoms with Gasteiger partial charge in [-0.15, -0.1) is 0 Å². The average Bonchev–Trinajstić information content (AvgIpc) is 2.41. The molecule has 0 fully saturated rings. The van der Waals surface area contributed by atoms with Crippen molar-refractivity contribution in [3.63, 3.8) is 0 Å². The fourth-order valence-corrected chi connectivity index (χ4v) is 2.27. The summed E-state index contributed by atoms with van der Waals surface area (Å²) < 4.78 is 13.7. The van der Waals surface area contributed by atoms with Crippen LogP contribution in [-0.4, -0.2) is 5.11 Å². The molecule has 0 heterocycles. The number of aliphatic hydroxyl groups excluding tert-OH is 1. The molecule has 2 aromatic rings. The van der Waals surface area contributed by atoms with E-state index in [-0.39, 0.29) is 11.7 Å². The normalized spacial score (nSPS) is 14.2. The largest absolute Gasteiger partial charge is 0.388 e. The highest BCUT2D eigenvalue weighted by Crippen LogP contribution is 2.34. The van der Waals surface area contributed by atoms with Gasteiger partial charge >= 0.3 is 0 Å². The van der Waals surface area contributed by atoms with Gasteiger partial charge in [0.2, 0.25) is 0 Å². The van der Waals surface area contributed by atoms with Gasteiger partial charge in [-0.25, -0.2) is 4.39 Å². The quantitative estimate of drug-likeness (QED) is 0.860. The van der Waals surface area contributed by atoms with Crippen LogP contribution in [0.1, 0.15) is 36.5 Å². The number of halogens is 1. The molecule has 0 radical (unpaired) electrons. The molecule has 0 saturated heterocycles. The van der Waals surface area contributed by atoms with Gasteiger partial charge in [0, 0.05) is 11.5 Å². The van der Waals surface area contributed by atoms with E-state index in [4.69, 9.17) is 0 Å². The van der Waals surface area contributed by atoms with Crippen LogP contribution in [0.2, 0.25) is 0 Å². The van der Waals surface area contributed by atoms with E-state index in [2.05, 4.69) is 0 Å². The molecule has 2 aromatic carbocycles. The first-order valence-corrected chi connectivity index (χ1v) is 6.21. The highest BCUT2D eigenvalue weighted by molar-refractivity contribution is 5.27. The minimum Gasteiger partial charge on any atom is -0.388 e. The molecular formula is C16H17FO. The zero-order chi connectivity index (χ0) is 13.0. The molecule has 94 valence electrons. The molecule has 0 amide bonds. The van der Waals surface area contributed by atoms with Crippen molar-refractivity contribution in [2.75, 3.05) is 0 Å². The van der Waals surface area contributed by atoms with E-state index in [9.17, 15) is 9.50 Å². The molecule has 2 atom stereocenters. The second-order valence-electron chi connectivity index (χ2n) is 4.39. The lowest BCUT2D eigenvalue weighted by atomic mass is 9.87. The van der Waals surface area contributed by atoms with Gasteiger partial charge in [-0.2, -0.15) is 0 Å². The maximum Gasteiger partial charge on any atom is 0.129 e. The zero-order valence-corrected chi connectivity index (χ0v) is 10.4. The predicted molar refractivity (Wildman–Crippen MR) is 70.8 cm³/mol. The van der Waals surface area contributed by atoms with Gasteiger partial charge in [-0.1, -0.05) is 55.5 Å². The van der Waals surface area contributed by atoms with Crippen LogP contribution in [0, 0.1) is 5.82 Å². The highest BCUT2D eigenvalue weighted by Gasteiger charge is 2.23. The minimum absolute atomic E-state index is 0.0805. The van der Waals surface area contributed by atoms with Crippen LogP contribution in [0.3, 0.4) is 0 Å². The second kappa shape index (κ2) is 5.78. The molecule has 18 heavy (non-hydrogen) atoms. The Morgan fingerprint density at radius 1 is 1.00 bits per heavy atom. The van der Waals surface area contributed by atoms with Gasteiger partial charge in [0.1, 0.15) is 5.82 Å². The Bertz CT molecular complexity index is 495. The fraction of sp³-hybridized carbons (Fsp3) is 0.250. The molecule has 0 saturated carbocycles. The summed E-state index contributed by atoms with van der Waals surface area (Å²) >= 11 is 0. The molecule has 0 aromatic heterocycles. The molecule has 0 aliphatic rings. The fourth-order valence-electron chi connectivity index (χ4n) is 2.27. The standard InChI is InChI=1S/C16H17FO/c1-2-13(12-8-4-3-5-9-12)16(18)14-10-6-7-11-15(14)17/h3-11,13,16,18H,2H2,1H3. The number of benzene rings is 2. The van der Waals surface area contributed by atoms with Gasteiger partial charge in [-0.05, 0) is 18.1 Å². The van der Waals surface area contributed by atoms with Crippen LogP contribution in [-0.2, 0) is 0 Å². The lowest BCUT2D eigenvalue weighted by Crippen LogP contribution is -2.11. The molecular weight excluding hydrogens is 227 g/mol. The summed E-state index contributed by atoms with van der Waals surface area (Å²) in [4.78, 5) is 0. The van der Waals surface area contributed by atoms with Crippen molar-refractivity contribution < 1.29 is 9.50 Å². The average molecular weight is 244 g/mol. The SMILES string of the molecule is CCC(c1ccccc1)C(O)c1ccccc1F. The van der Waals surface area contributed by atoms with Crippen LogP contribution in [0.4, 0.5) is 4.39 Å². The van der Waals surface area contributed by atoms with E-state index in [0.29, 0.717) is 5.56 Å². The predicted octanol–water partition coefficient (Wildman–Crippen LogP) is 4.05. The van der Waals surface area contributed by atoms with E-state index < -0.39 is 6.10 Å². The Kier molecular flexibility index (Phi) is 4.11. The van der Waals surface area contributed by atoms with Crippen LogP contribution in [0.15, 0.2) is 54.6 Å². The Balaban J connectivity index is 2.32. The maximum atomic E-state index is 13.7. The summed E-state index contributed by atoms with van der Waals surface area (Å²) in [6.45, 7) is 2.00. The third-order valence-corrected chi connectivity index (χ3v) is 3.27. The number of hydrogen-bond acceptors (Lipinski definition) is 1. The summed E-state index contributed by atoms with van der Waals surface area (Å²) in [5.74, 6) is -0.428. The third-order valence-electron chi connectivity index (χ3n) is 3.27. The molecule has 2 rings (SSSR count). The van der Waals surface area contributed by atoms with Crippen molar-refractivity contribution in [1.29, 1.82) is 0 Å². The van der Waals surface area contributed by atoms with Crippen molar-refractivity contribution in [3.8, 4) is 0 Å². The minimum atomic E-state index is -0.807. The maximum absolute atomic E-state index is 13.7. The molecule has 0 bridgehead atoms. The van der Waals surface area contributed by atoms with Crippen LogP contribution >= 0.6 is 0 Å². The first kappa shape index (κ1) is 12.8. The zero-order valence-electron chi connectivity index (χ0n) is 10.4. The topological polar surface area (TPSA) is 20.2 Å². The molecule has 1 nitrogen and oxygen atoms in total. The number of hydrogen-bond donors (Lipinski definition) is 1. The summed E-state index contributed by atoms with van der Waals surface area (Å²) in [7, 11) is 0. The molecule has 0 aliphatic heterocycles. The van der Waals surface area contributed by atoms with Crippen molar-refractivity contribution >= 4 is 0 Å². The smallest absolute Gasteiger partial charge is 0.129 e. The van der Waals surface area contributed by atoms with Gasteiger partial charge in [0.05, 0.1) is 6.10 Å². The van der Waals surface area contributed by atoms with Gasteiger partial charge < -0.3 is 5.11 Å². The highest BCUT2D eigenvalue weighted by atomic mass is 19.1. The van der Waals surface area contributed by atoms with Gasteiger partial charge in [0.15, 0.2) is 0 Å². The van der Waals surface area contributed by atoms with Crippen molar-refractivity contribution in [1.82, 2.24) is 0 Å². The summed E-state index contributed by atoms with van der Waals surface area (Å²) in [6, 6.07) is 16.2. The molecule has 2 unspecified atom stereocenters. The third kappa shape index (κ3) is 2.59. The van der Waals surface area contributed by atoms with Crippen molar-refractivity contribution in [2.45, 2.75) is 25.4 Å².